The fraction of sp³-hybridized carbons (Fsp3) is 0.158. The Hall–Kier alpha value is -2.37. The van der Waals surface area contributed by atoms with Crippen molar-refractivity contribution in [3.05, 3.63) is 71.9 Å². The van der Waals surface area contributed by atoms with Crippen LogP contribution in [-0.2, 0) is 0 Å². The second-order valence-electron chi connectivity index (χ2n) is 5.73. The summed E-state index contributed by atoms with van der Waals surface area (Å²) < 4.78 is 1.88. The largest absolute Gasteiger partial charge is 0.388 e. The van der Waals surface area contributed by atoms with Crippen molar-refractivity contribution in [2.45, 2.75) is 18.1 Å². The molecule has 4 aromatic rings. The minimum Gasteiger partial charge on any atom is -0.388 e. The molecule has 0 aliphatic rings. The van der Waals surface area contributed by atoms with E-state index in [1.54, 1.807) is 11.8 Å². The normalized spacial score (nSPS) is 12.8. The minimum absolute atomic E-state index is 0.514. The molecule has 0 fully saturated rings. The third-order valence-corrected chi connectivity index (χ3v) is 5.02. The average molecular weight is 335 g/mol. The molecule has 0 amide bonds. The van der Waals surface area contributed by atoms with E-state index in [1.807, 2.05) is 66.0 Å². The fourth-order valence-corrected chi connectivity index (χ4v) is 3.78. The van der Waals surface area contributed by atoms with Crippen LogP contribution in [0.4, 0.5) is 0 Å². The van der Waals surface area contributed by atoms with Crippen molar-refractivity contribution in [3.8, 4) is 0 Å². The van der Waals surface area contributed by atoms with Gasteiger partial charge in [-0.05, 0) is 18.6 Å². The molecule has 2 heterocycles. The molecule has 120 valence electrons. The number of aliphatic hydroxyl groups is 1. The Bertz CT molecular complexity index is 998. The van der Waals surface area contributed by atoms with Gasteiger partial charge in [-0.2, -0.15) is 5.10 Å². The van der Waals surface area contributed by atoms with Crippen LogP contribution in [0.1, 0.15) is 17.4 Å². The zero-order valence-corrected chi connectivity index (χ0v) is 14.1. The first kappa shape index (κ1) is 15.2. The summed E-state index contributed by atoms with van der Waals surface area (Å²) >= 11 is 1.57. The van der Waals surface area contributed by atoms with Gasteiger partial charge in [0.05, 0.1) is 17.3 Å². The Kier molecular flexibility index (Phi) is 3.96. The van der Waals surface area contributed by atoms with Gasteiger partial charge < -0.3 is 5.11 Å². The molecular formula is C19H17N3OS. The quantitative estimate of drug-likeness (QED) is 0.452. The van der Waals surface area contributed by atoms with Crippen LogP contribution in [0.15, 0.2) is 65.7 Å². The first-order valence-electron chi connectivity index (χ1n) is 7.83. The lowest BCUT2D eigenvalue weighted by Crippen LogP contribution is -2.02. The number of benzene rings is 2. The Morgan fingerprint density at radius 3 is 2.67 bits per heavy atom. The van der Waals surface area contributed by atoms with E-state index in [0.29, 0.717) is 5.75 Å². The second kappa shape index (κ2) is 6.26. The maximum atomic E-state index is 10.4. The highest BCUT2D eigenvalue weighted by molar-refractivity contribution is 7.99. The minimum atomic E-state index is -0.514. The third kappa shape index (κ3) is 2.77. The summed E-state index contributed by atoms with van der Waals surface area (Å²) in [6.07, 6.45) is -0.514. The number of rotatable bonds is 4. The second-order valence-corrected chi connectivity index (χ2v) is 6.74. The molecule has 1 atom stereocenters. The summed E-state index contributed by atoms with van der Waals surface area (Å²) in [5.74, 6) is 0.560. The molecule has 4 rings (SSSR count). The van der Waals surface area contributed by atoms with Crippen molar-refractivity contribution in [2.24, 2.45) is 0 Å². The summed E-state index contributed by atoms with van der Waals surface area (Å²) in [7, 11) is 0. The van der Waals surface area contributed by atoms with Crippen LogP contribution in [0.2, 0.25) is 0 Å². The lowest BCUT2D eigenvalue weighted by atomic mass is 10.1. The van der Waals surface area contributed by atoms with Crippen LogP contribution < -0.4 is 0 Å². The first-order valence-corrected chi connectivity index (χ1v) is 8.82. The Balaban J connectivity index is 1.70. The predicted molar refractivity (Wildman–Crippen MR) is 97.4 cm³/mol. The number of para-hydroxylation sites is 1. The molecule has 4 nitrogen and oxygen atoms in total. The van der Waals surface area contributed by atoms with Gasteiger partial charge in [0.2, 0.25) is 0 Å². The number of hydrogen-bond acceptors (Lipinski definition) is 4. The maximum absolute atomic E-state index is 10.4. The van der Waals surface area contributed by atoms with Crippen LogP contribution in [0.5, 0.6) is 0 Å². The highest BCUT2D eigenvalue weighted by Crippen LogP contribution is 2.30. The van der Waals surface area contributed by atoms with Gasteiger partial charge in [0.15, 0.2) is 5.65 Å². The lowest BCUT2D eigenvalue weighted by Gasteiger charge is -2.12. The molecular weight excluding hydrogens is 318 g/mol. The van der Waals surface area contributed by atoms with Gasteiger partial charge in [-0.25, -0.2) is 9.50 Å². The highest BCUT2D eigenvalue weighted by atomic mass is 32.2. The SMILES string of the molecule is Cc1cc2nc(SCC(O)c3ccccc3)c3ccccc3n2n1. The van der Waals surface area contributed by atoms with E-state index in [-0.39, 0.29) is 0 Å². The van der Waals surface area contributed by atoms with Crippen molar-refractivity contribution in [3.63, 3.8) is 0 Å². The number of hydrogen-bond donors (Lipinski definition) is 1. The maximum Gasteiger partial charge on any atom is 0.157 e. The van der Waals surface area contributed by atoms with E-state index >= 15 is 0 Å². The molecule has 0 spiro atoms. The van der Waals surface area contributed by atoms with Gasteiger partial charge in [-0.1, -0.05) is 48.5 Å². The predicted octanol–water partition coefficient (Wildman–Crippen LogP) is 4.02. The van der Waals surface area contributed by atoms with Gasteiger partial charge in [0, 0.05) is 17.2 Å². The van der Waals surface area contributed by atoms with Crippen molar-refractivity contribution in [1.29, 1.82) is 0 Å². The van der Waals surface area contributed by atoms with Crippen LogP contribution in [-0.4, -0.2) is 25.5 Å². The van der Waals surface area contributed by atoms with Gasteiger partial charge in [0.25, 0.3) is 0 Å². The monoisotopic (exact) mass is 335 g/mol. The third-order valence-electron chi connectivity index (χ3n) is 3.95. The number of thioether (sulfide) groups is 1. The standard InChI is InChI=1S/C19H17N3OS/c1-13-11-18-20-19(15-9-5-6-10-16(15)22(18)21-13)24-12-17(23)14-7-3-2-4-8-14/h2-11,17,23H,12H2,1H3. The molecule has 0 saturated heterocycles. The zero-order chi connectivity index (χ0) is 16.5. The van der Waals surface area contributed by atoms with Gasteiger partial charge in [0.1, 0.15) is 5.03 Å². The van der Waals surface area contributed by atoms with E-state index in [0.717, 1.165) is 32.8 Å². The number of nitrogens with zero attached hydrogens (tertiary/aromatic N) is 3. The van der Waals surface area contributed by atoms with E-state index in [1.165, 1.54) is 0 Å². The van der Waals surface area contributed by atoms with Crippen LogP contribution in [0.3, 0.4) is 0 Å². The average Bonchev–Trinajstić information content (AvgIpc) is 3.00. The first-order chi connectivity index (χ1) is 11.7. The zero-order valence-electron chi connectivity index (χ0n) is 13.3. The molecule has 5 heteroatoms. The van der Waals surface area contributed by atoms with E-state index in [2.05, 4.69) is 11.2 Å². The highest BCUT2D eigenvalue weighted by Gasteiger charge is 2.13. The van der Waals surface area contributed by atoms with Crippen LogP contribution >= 0.6 is 11.8 Å². The summed E-state index contributed by atoms with van der Waals surface area (Å²) in [5, 5.41) is 16.9. The Morgan fingerprint density at radius 2 is 1.83 bits per heavy atom. The number of aromatic nitrogens is 3. The topological polar surface area (TPSA) is 50.4 Å². The number of fused-ring (bicyclic) bond motifs is 3. The van der Waals surface area contributed by atoms with Crippen molar-refractivity contribution < 1.29 is 5.11 Å². The summed E-state index contributed by atoms with van der Waals surface area (Å²) in [6, 6.07) is 19.8. The smallest absolute Gasteiger partial charge is 0.157 e. The molecule has 0 radical (unpaired) electrons. The van der Waals surface area contributed by atoms with Crippen LogP contribution in [0, 0.1) is 6.92 Å². The van der Waals surface area contributed by atoms with E-state index in [4.69, 9.17) is 4.98 Å². The number of aryl methyl sites for hydroxylation is 1. The van der Waals surface area contributed by atoms with Crippen molar-refractivity contribution in [1.82, 2.24) is 14.6 Å². The van der Waals surface area contributed by atoms with Gasteiger partial charge in [-0.15, -0.1) is 11.8 Å². The fourth-order valence-electron chi connectivity index (χ4n) is 2.79. The number of aliphatic hydroxyl groups excluding tert-OH is 1. The molecule has 0 aliphatic carbocycles. The molecule has 1 N–H and O–H groups in total. The van der Waals surface area contributed by atoms with Gasteiger partial charge >= 0.3 is 0 Å². The van der Waals surface area contributed by atoms with Crippen molar-refractivity contribution in [2.75, 3.05) is 5.75 Å². The summed E-state index contributed by atoms with van der Waals surface area (Å²) in [5.41, 5.74) is 3.74. The lowest BCUT2D eigenvalue weighted by molar-refractivity contribution is 0.204. The molecule has 0 bridgehead atoms. The summed E-state index contributed by atoms with van der Waals surface area (Å²) in [4.78, 5) is 4.74. The molecule has 0 saturated carbocycles. The van der Waals surface area contributed by atoms with Crippen LogP contribution in [0.25, 0.3) is 16.6 Å². The van der Waals surface area contributed by atoms with Gasteiger partial charge in [-0.3, -0.25) is 0 Å². The molecule has 24 heavy (non-hydrogen) atoms. The van der Waals surface area contributed by atoms with E-state index in [9.17, 15) is 5.11 Å². The summed E-state index contributed by atoms with van der Waals surface area (Å²) in [6.45, 7) is 1.97. The van der Waals surface area contributed by atoms with E-state index < -0.39 is 6.10 Å². The molecule has 0 aliphatic heterocycles. The Labute approximate surface area is 144 Å². The Morgan fingerprint density at radius 1 is 1.08 bits per heavy atom. The molecule has 2 aromatic carbocycles. The molecule has 2 aromatic heterocycles. The van der Waals surface area contributed by atoms with Crippen molar-refractivity contribution >= 4 is 28.3 Å². The molecule has 1 unspecified atom stereocenters.